The number of phenols is 2. The molecule has 83 heavy (non-hydrogen) atoms. The average molecular weight is 1180 g/mol. The second-order valence-electron chi connectivity index (χ2n) is 23.1. The first-order valence-electron chi connectivity index (χ1n) is 28.2. The summed E-state index contributed by atoms with van der Waals surface area (Å²) in [5.74, 6) is -5.32. The Morgan fingerprint density at radius 2 is 1.22 bits per heavy atom. The Hall–Kier alpha value is -4.30. The number of aliphatic hydroxyl groups excluding tert-OH is 5. The van der Waals surface area contributed by atoms with Crippen molar-refractivity contribution < 1.29 is 126 Å². The lowest BCUT2D eigenvalue weighted by Crippen LogP contribution is -2.59. The fourth-order valence-electron chi connectivity index (χ4n) is 12.4. The predicted molar refractivity (Wildman–Crippen MR) is 282 cm³/mol. The highest BCUT2D eigenvalue weighted by atomic mass is 16.7. The Labute approximate surface area is 480 Å². The predicted octanol–water partition coefficient (Wildman–Crippen LogP) is 1.55. The molecule has 5 heterocycles. The lowest BCUT2D eigenvalue weighted by atomic mass is 9.75. The van der Waals surface area contributed by atoms with Gasteiger partial charge in [-0.25, -0.2) is 0 Å². The molecule has 0 spiro atoms. The maximum absolute atomic E-state index is 15.1. The molecule has 25 atom stereocenters. The van der Waals surface area contributed by atoms with E-state index in [4.69, 9.17) is 66.3 Å². The molecule has 1 unspecified atom stereocenters. The Balaban J connectivity index is 1.04. The summed E-state index contributed by atoms with van der Waals surface area (Å²) in [4.78, 5) is 53.2. The average Bonchev–Trinajstić information content (AvgIpc) is 3.47. The second-order valence-corrected chi connectivity index (χ2v) is 23.1. The van der Waals surface area contributed by atoms with Crippen molar-refractivity contribution in [2.24, 2.45) is 5.92 Å². The molecule has 0 radical (unpaired) electrons. The van der Waals surface area contributed by atoms with Crippen LogP contribution in [0.3, 0.4) is 0 Å². The molecule has 1 aliphatic carbocycles. The highest BCUT2D eigenvalue weighted by Crippen LogP contribution is 2.48. The van der Waals surface area contributed by atoms with Crippen LogP contribution >= 0.6 is 0 Å². The summed E-state index contributed by atoms with van der Waals surface area (Å²) in [7, 11) is 2.64. The van der Waals surface area contributed by atoms with Crippen LogP contribution in [0.25, 0.3) is 10.8 Å². The van der Waals surface area contributed by atoms with Gasteiger partial charge in [-0.05, 0) is 84.9 Å². The van der Waals surface area contributed by atoms with E-state index in [-0.39, 0.29) is 71.7 Å². The molecule has 8 rings (SSSR count). The summed E-state index contributed by atoms with van der Waals surface area (Å²) in [6, 6.07) is 3.04. The molecule has 6 aliphatic rings. The van der Waals surface area contributed by atoms with E-state index in [0.717, 1.165) is 0 Å². The van der Waals surface area contributed by atoms with Gasteiger partial charge in [0, 0.05) is 71.7 Å². The minimum atomic E-state index is -1.96. The first kappa shape index (κ1) is 64.7. The molecule has 5 fully saturated rings. The number of rotatable bonds is 18. The van der Waals surface area contributed by atoms with E-state index in [1.54, 1.807) is 27.7 Å². The van der Waals surface area contributed by atoms with E-state index in [1.807, 2.05) is 0 Å². The van der Waals surface area contributed by atoms with E-state index >= 15 is 4.79 Å². The molecule has 2 aromatic rings. The Bertz CT molecular complexity index is 2620. The fourth-order valence-corrected chi connectivity index (χ4v) is 12.4. The van der Waals surface area contributed by atoms with Crippen LogP contribution < -0.4 is 4.74 Å². The number of aliphatic hydroxyl groups is 6. The van der Waals surface area contributed by atoms with Crippen LogP contribution in [-0.2, 0) is 82.4 Å². The molecule has 466 valence electrons. The lowest BCUT2D eigenvalue weighted by molar-refractivity contribution is -0.334. The zero-order valence-corrected chi connectivity index (χ0v) is 48.7. The zero-order chi connectivity index (χ0) is 60.8. The van der Waals surface area contributed by atoms with Crippen molar-refractivity contribution in [3.8, 4) is 17.2 Å². The van der Waals surface area contributed by atoms with Gasteiger partial charge in [-0.3, -0.25) is 19.2 Å². The van der Waals surface area contributed by atoms with Crippen molar-refractivity contribution >= 4 is 34.3 Å². The number of Topliss-reactive ketones (excluding diaryl/α,β-unsaturated/α-hetero) is 2. The maximum Gasteiger partial charge on any atom is 0.303 e. The molecule has 5 aliphatic heterocycles. The number of carbonyl (C=O) groups is 4. The van der Waals surface area contributed by atoms with Crippen molar-refractivity contribution in [3.05, 3.63) is 28.8 Å². The molecule has 0 aromatic heterocycles. The Morgan fingerprint density at radius 3 is 1.78 bits per heavy atom. The van der Waals surface area contributed by atoms with Gasteiger partial charge in [0.2, 0.25) is 6.29 Å². The number of benzene rings is 2. The first-order valence-corrected chi connectivity index (χ1v) is 28.2. The van der Waals surface area contributed by atoms with E-state index in [0.29, 0.717) is 0 Å². The van der Waals surface area contributed by atoms with Gasteiger partial charge >= 0.3 is 11.9 Å². The van der Waals surface area contributed by atoms with Crippen LogP contribution in [0, 0.1) is 12.8 Å². The SMILES string of the molecule is CO[C@@H]1[C@H](O)C[C@@H](O[C@@H]2C[C@H](Oc3cc4cc5c(c(O)c4c(O)c3C)C(=O)[C@@H](OC3C[C@H](O[C@H]4C[C@@H](O[C@H]6C[C@](C)(O)[C@@H](OC(C)=O)[C@H](C)O6)[C@H](O)[C@@H](C)O4)[C@H](O)[C@@H](C)O3)[C@H]([C@H](OC)C(=O)[C@@H](O)[C@@H](C)O)C5)O[C@H](C)[C@@H]2OC(C)=O)O[C@@H]1C. The van der Waals surface area contributed by atoms with Crippen molar-refractivity contribution in [1.29, 1.82) is 0 Å². The molecule has 2 aromatic carbocycles. The van der Waals surface area contributed by atoms with Crippen molar-refractivity contribution in [2.75, 3.05) is 14.2 Å². The molecule has 8 N–H and O–H groups in total. The summed E-state index contributed by atoms with van der Waals surface area (Å²) in [6.45, 7) is 14.8. The van der Waals surface area contributed by atoms with E-state index in [1.165, 1.54) is 67.9 Å². The highest BCUT2D eigenvalue weighted by molar-refractivity contribution is 6.11. The monoisotopic (exact) mass is 1180 g/mol. The van der Waals surface area contributed by atoms with Crippen molar-refractivity contribution in [3.63, 3.8) is 0 Å². The summed E-state index contributed by atoms with van der Waals surface area (Å²) < 4.78 is 84.2. The highest BCUT2D eigenvalue weighted by Gasteiger charge is 2.52. The number of ether oxygens (including phenoxy) is 14. The number of fused-ring (bicyclic) bond motifs is 2. The zero-order valence-electron chi connectivity index (χ0n) is 48.7. The number of phenolic OH excluding ortho intramolecular Hbond substituents is 2. The standard InChI is InChI=1S/C57H82O26/c1-21-34(79-40-19-37(53(26(6)75-40)77-28(8)59)82-38-16-33(61)52(70-11)25(5)74-38)15-31-13-30-14-32(54(71-12)51(68)46(63)22(2)58)55(50(67)44(30)49(66)43(31)45(21)62)83-41-18-35(47(64)24(4)73-41)80-39-17-36(48(65)23(3)72-39)81-42-20-57(10,69)56(27(7)76-42)78-29(9)60/h13,15,22-27,32-33,35-42,46-48,52-56,58,61-66,69H,14,16-20H2,1-12H3/t22-,23-,24-,25-,26-,27+,32+,33-,35+,36-,37-,38-,39+,40+,41?,42+,46+,47-,48-,52+,53+,54+,55+,56+,57+/m1/s1. The molecule has 5 saturated heterocycles. The van der Waals surface area contributed by atoms with Gasteiger partial charge in [0.05, 0.1) is 65.9 Å². The normalized spacial score (nSPS) is 39.7. The minimum absolute atomic E-state index is 0.0251. The summed E-state index contributed by atoms with van der Waals surface area (Å²) >= 11 is 0. The molecule has 0 amide bonds. The summed E-state index contributed by atoms with van der Waals surface area (Å²) in [5.41, 5.74) is -1.51. The summed E-state index contributed by atoms with van der Waals surface area (Å²) in [5, 5.41) is 90.1. The number of methoxy groups -OCH3 is 2. The van der Waals surface area contributed by atoms with Crippen LogP contribution in [0.1, 0.15) is 116 Å². The van der Waals surface area contributed by atoms with E-state index < -0.39 is 188 Å². The van der Waals surface area contributed by atoms with Crippen LogP contribution in [0.15, 0.2) is 12.1 Å². The third-order valence-corrected chi connectivity index (χ3v) is 16.6. The maximum atomic E-state index is 15.1. The second kappa shape index (κ2) is 26.4. The van der Waals surface area contributed by atoms with Crippen LogP contribution in [-0.4, -0.2) is 225 Å². The summed E-state index contributed by atoms with van der Waals surface area (Å²) in [6.07, 6.45) is -25.9. The number of hydrogen-bond donors (Lipinski definition) is 8. The molecule has 0 bridgehead atoms. The first-order chi connectivity index (χ1) is 39.0. The van der Waals surface area contributed by atoms with Gasteiger partial charge in [0.15, 0.2) is 48.9 Å². The quantitative estimate of drug-likeness (QED) is 0.0982. The number of ketones is 2. The van der Waals surface area contributed by atoms with Crippen molar-refractivity contribution in [2.45, 2.75) is 255 Å². The smallest absolute Gasteiger partial charge is 0.303 e. The molecule has 26 nitrogen and oxygen atoms in total. The van der Waals surface area contributed by atoms with Crippen LogP contribution in [0.5, 0.6) is 17.2 Å². The Kier molecular flexibility index (Phi) is 20.5. The third kappa shape index (κ3) is 13.9. The molecular weight excluding hydrogens is 1100 g/mol. The van der Waals surface area contributed by atoms with Gasteiger partial charge in [-0.1, -0.05) is 0 Å². The van der Waals surface area contributed by atoms with Crippen LogP contribution in [0.4, 0.5) is 0 Å². The molecular formula is C57H82O26. The number of esters is 2. The Morgan fingerprint density at radius 1 is 0.687 bits per heavy atom. The van der Waals surface area contributed by atoms with Gasteiger partial charge in [0.25, 0.3) is 0 Å². The van der Waals surface area contributed by atoms with E-state index in [2.05, 4.69) is 0 Å². The fraction of sp³-hybridized carbons (Fsp3) is 0.754. The topological polar surface area (TPSA) is 359 Å². The molecule has 26 heteroatoms. The van der Waals surface area contributed by atoms with Crippen LogP contribution in [0.2, 0.25) is 0 Å². The largest absolute Gasteiger partial charge is 0.507 e. The minimum Gasteiger partial charge on any atom is -0.507 e. The molecule has 0 saturated carbocycles. The number of carbonyl (C=O) groups excluding carboxylic acids is 4. The van der Waals surface area contributed by atoms with E-state index in [9.17, 15) is 55.2 Å². The lowest BCUT2D eigenvalue weighted by Gasteiger charge is -2.46. The van der Waals surface area contributed by atoms with Gasteiger partial charge in [-0.15, -0.1) is 0 Å². The van der Waals surface area contributed by atoms with Gasteiger partial charge in [0.1, 0.15) is 65.6 Å². The number of hydrogen-bond acceptors (Lipinski definition) is 26. The third-order valence-electron chi connectivity index (χ3n) is 16.6. The number of aromatic hydroxyl groups is 2. The van der Waals surface area contributed by atoms with Crippen molar-refractivity contribution in [1.82, 2.24) is 0 Å². The van der Waals surface area contributed by atoms with Gasteiger partial charge < -0.3 is 107 Å². The van der Waals surface area contributed by atoms with Gasteiger partial charge in [-0.2, -0.15) is 0 Å².